The lowest BCUT2D eigenvalue weighted by molar-refractivity contribution is -0.119. The van der Waals surface area contributed by atoms with Gasteiger partial charge in [-0.25, -0.2) is 0 Å². The minimum absolute atomic E-state index is 0.00497. The normalized spacial score (nSPS) is 15.4. The lowest BCUT2D eigenvalue weighted by Crippen LogP contribution is -2.22. The van der Waals surface area contributed by atoms with Crippen LogP contribution in [0.15, 0.2) is 28.1 Å². The Morgan fingerprint density at radius 3 is 2.86 bits per heavy atom. The molecule has 0 saturated heterocycles. The summed E-state index contributed by atoms with van der Waals surface area (Å²) in [6.45, 7) is 3.73. The van der Waals surface area contributed by atoms with Gasteiger partial charge in [0.25, 0.3) is 5.91 Å². The number of nitrogens with one attached hydrogen (secondary N) is 1. The molecular formula is C18H18BrN5O4. The molecule has 0 aliphatic carbocycles. The maximum atomic E-state index is 11.1. The summed E-state index contributed by atoms with van der Waals surface area (Å²) in [5, 5.41) is 16.6. The number of nitrogens with zero attached hydrogens (tertiary/aromatic N) is 2. The zero-order chi connectivity index (χ0) is 20.4. The third kappa shape index (κ3) is 3.48. The number of H-pyrrole nitrogens is 1. The Morgan fingerprint density at radius 2 is 2.21 bits per heavy atom. The van der Waals surface area contributed by atoms with Crippen molar-refractivity contribution in [2.24, 2.45) is 11.5 Å². The highest BCUT2D eigenvalue weighted by Gasteiger charge is 2.35. The number of carbonyl (C=O) groups excluding carboxylic acids is 1. The van der Waals surface area contributed by atoms with Gasteiger partial charge in [-0.15, -0.1) is 5.10 Å². The minimum atomic E-state index is -0.607. The number of aromatic nitrogens is 2. The molecular weight excluding hydrogens is 430 g/mol. The van der Waals surface area contributed by atoms with Crippen LogP contribution in [0.4, 0.5) is 0 Å². The van der Waals surface area contributed by atoms with Gasteiger partial charge in [0.1, 0.15) is 11.6 Å². The molecule has 0 fully saturated rings. The number of benzene rings is 1. The van der Waals surface area contributed by atoms with Gasteiger partial charge in [-0.1, -0.05) is 0 Å². The molecule has 0 radical (unpaired) electrons. The lowest BCUT2D eigenvalue weighted by Gasteiger charge is -2.25. The van der Waals surface area contributed by atoms with Crippen molar-refractivity contribution in [3.8, 4) is 23.4 Å². The Hall–Kier alpha value is -3.19. The van der Waals surface area contributed by atoms with Crippen LogP contribution >= 0.6 is 15.9 Å². The Kier molecular flexibility index (Phi) is 5.46. The van der Waals surface area contributed by atoms with Gasteiger partial charge in [0.05, 0.1) is 17.0 Å². The number of primary amides is 1. The van der Waals surface area contributed by atoms with Crippen LogP contribution < -0.4 is 25.7 Å². The molecule has 28 heavy (non-hydrogen) atoms. The molecule has 10 heteroatoms. The Labute approximate surface area is 169 Å². The molecule has 1 aliphatic heterocycles. The summed E-state index contributed by atoms with van der Waals surface area (Å²) in [5.74, 6) is -0.0526. The van der Waals surface area contributed by atoms with Gasteiger partial charge >= 0.3 is 0 Å². The summed E-state index contributed by atoms with van der Waals surface area (Å²) in [4.78, 5) is 11.1. The number of nitrogens with two attached hydrogens (primary N) is 2. The third-order valence-electron chi connectivity index (χ3n) is 4.15. The van der Waals surface area contributed by atoms with Crippen LogP contribution in [-0.4, -0.2) is 29.3 Å². The average molecular weight is 448 g/mol. The molecule has 3 rings (SSSR count). The highest BCUT2D eigenvalue weighted by molar-refractivity contribution is 9.10. The number of amides is 1. The van der Waals surface area contributed by atoms with E-state index in [1.165, 1.54) is 0 Å². The number of fused-ring (bicyclic) bond motifs is 1. The fraction of sp³-hybridized carbons (Fsp3) is 0.278. The van der Waals surface area contributed by atoms with Crippen LogP contribution in [0.3, 0.4) is 0 Å². The molecule has 2 heterocycles. The van der Waals surface area contributed by atoms with Crippen molar-refractivity contribution in [2.45, 2.75) is 19.8 Å². The van der Waals surface area contributed by atoms with Gasteiger partial charge in [-0.05, 0) is 47.5 Å². The van der Waals surface area contributed by atoms with E-state index < -0.39 is 11.8 Å². The monoisotopic (exact) mass is 447 g/mol. The smallest absolute Gasteiger partial charge is 0.255 e. The van der Waals surface area contributed by atoms with Gasteiger partial charge in [0, 0.05) is 11.3 Å². The van der Waals surface area contributed by atoms with E-state index in [-0.39, 0.29) is 18.1 Å². The van der Waals surface area contributed by atoms with E-state index in [0.717, 1.165) is 11.3 Å². The highest BCUT2D eigenvalue weighted by Crippen LogP contribution is 2.46. The quantitative estimate of drug-likeness (QED) is 0.612. The zero-order valence-electron chi connectivity index (χ0n) is 15.2. The molecule has 0 spiro atoms. The number of aromatic amines is 1. The number of allylic oxidation sites excluding steroid dienone is 1. The van der Waals surface area contributed by atoms with Crippen LogP contribution in [0.1, 0.15) is 29.7 Å². The average Bonchev–Trinajstić information content (AvgIpc) is 3.00. The Morgan fingerprint density at radius 1 is 1.46 bits per heavy atom. The summed E-state index contributed by atoms with van der Waals surface area (Å²) in [7, 11) is 0. The van der Waals surface area contributed by atoms with Crippen LogP contribution in [0.5, 0.6) is 17.4 Å². The molecule has 1 amide bonds. The van der Waals surface area contributed by atoms with Crippen LogP contribution in [0.25, 0.3) is 0 Å². The van der Waals surface area contributed by atoms with Crippen molar-refractivity contribution < 1.29 is 19.0 Å². The van der Waals surface area contributed by atoms with Crippen LogP contribution in [0, 0.1) is 18.3 Å². The molecule has 1 aliphatic rings. The number of carbonyl (C=O) groups is 1. The number of nitriles is 1. The molecule has 9 nitrogen and oxygen atoms in total. The maximum Gasteiger partial charge on any atom is 0.255 e. The summed E-state index contributed by atoms with van der Waals surface area (Å²) in [6.07, 6.45) is 0. The zero-order valence-corrected chi connectivity index (χ0v) is 16.8. The van der Waals surface area contributed by atoms with Crippen molar-refractivity contribution in [3.63, 3.8) is 0 Å². The summed E-state index contributed by atoms with van der Waals surface area (Å²) in [5.41, 5.74) is 13.6. The highest BCUT2D eigenvalue weighted by atomic mass is 79.9. The number of halogens is 1. The molecule has 0 saturated carbocycles. The Bertz CT molecular complexity index is 1010. The number of rotatable bonds is 6. The molecule has 5 N–H and O–H groups in total. The number of ether oxygens (including phenoxy) is 3. The number of hydrogen-bond acceptors (Lipinski definition) is 7. The van der Waals surface area contributed by atoms with E-state index in [1.54, 1.807) is 12.1 Å². The first-order valence-corrected chi connectivity index (χ1v) is 9.16. The predicted molar refractivity (Wildman–Crippen MR) is 103 cm³/mol. The molecule has 1 aromatic carbocycles. The van der Waals surface area contributed by atoms with Gasteiger partial charge in [-0.2, -0.15) is 5.26 Å². The molecule has 0 unspecified atom stereocenters. The fourth-order valence-corrected chi connectivity index (χ4v) is 3.61. The second-order valence-electron chi connectivity index (χ2n) is 6.01. The second-order valence-corrected chi connectivity index (χ2v) is 6.86. The minimum Gasteiger partial charge on any atom is -0.490 e. The van der Waals surface area contributed by atoms with E-state index in [2.05, 4.69) is 32.2 Å². The summed E-state index contributed by atoms with van der Waals surface area (Å²) in [6, 6.07) is 5.64. The maximum absolute atomic E-state index is 11.1. The number of aryl methyl sites for hydroxylation is 1. The van der Waals surface area contributed by atoms with Gasteiger partial charge in [0.15, 0.2) is 18.1 Å². The predicted octanol–water partition coefficient (Wildman–Crippen LogP) is 1.96. The third-order valence-corrected chi connectivity index (χ3v) is 4.74. The number of hydrogen-bond donors (Lipinski definition) is 3. The first kappa shape index (κ1) is 19.6. The van der Waals surface area contributed by atoms with Crippen molar-refractivity contribution in [3.05, 3.63) is 44.9 Å². The van der Waals surface area contributed by atoms with Crippen LogP contribution in [-0.2, 0) is 4.79 Å². The topological polar surface area (TPSA) is 149 Å². The fourth-order valence-electron chi connectivity index (χ4n) is 3.03. The molecule has 146 valence electrons. The first-order valence-electron chi connectivity index (χ1n) is 8.37. The van der Waals surface area contributed by atoms with E-state index in [9.17, 15) is 10.1 Å². The second kappa shape index (κ2) is 7.82. The SMILES string of the molecule is CCOc1cc([C@@H]2C(C#N)=C(N)Oc3n[nH]c(C)c32)cc(Br)c1OCC(N)=O. The van der Waals surface area contributed by atoms with E-state index in [1.807, 2.05) is 13.8 Å². The van der Waals surface area contributed by atoms with Crippen molar-refractivity contribution in [1.82, 2.24) is 10.2 Å². The molecule has 1 aromatic heterocycles. The van der Waals surface area contributed by atoms with Crippen LogP contribution in [0.2, 0.25) is 0 Å². The van der Waals surface area contributed by atoms with Gasteiger partial charge in [0.2, 0.25) is 11.8 Å². The summed E-state index contributed by atoms with van der Waals surface area (Å²) < 4.78 is 17.2. The molecule has 0 bridgehead atoms. The largest absolute Gasteiger partial charge is 0.490 e. The molecule has 1 atom stereocenters. The van der Waals surface area contributed by atoms with Gasteiger partial charge in [-0.3, -0.25) is 9.89 Å². The summed E-state index contributed by atoms with van der Waals surface area (Å²) >= 11 is 3.45. The van der Waals surface area contributed by atoms with Crippen molar-refractivity contribution in [2.75, 3.05) is 13.2 Å². The van der Waals surface area contributed by atoms with Crippen molar-refractivity contribution >= 4 is 21.8 Å². The first-order chi connectivity index (χ1) is 13.4. The van der Waals surface area contributed by atoms with E-state index >= 15 is 0 Å². The lowest BCUT2D eigenvalue weighted by atomic mass is 9.84. The van der Waals surface area contributed by atoms with E-state index in [0.29, 0.717) is 34.0 Å². The van der Waals surface area contributed by atoms with Crippen molar-refractivity contribution in [1.29, 1.82) is 5.26 Å². The standard InChI is InChI=1S/C18H18BrN5O4/c1-3-26-12-5-9(4-11(19)16(12)27-7-13(21)25)15-10(6-20)17(22)28-18-14(15)8(2)23-24-18/h4-5,15H,3,7,22H2,1-2H3,(H2,21,25)(H,23,24)/t15-/m1/s1. The molecule has 2 aromatic rings. The van der Waals surface area contributed by atoms with Gasteiger partial charge < -0.3 is 25.7 Å². The Balaban J connectivity index is 2.16. The van der Waals surface area contributed by atoms with E-state index in [4.69, 9.17) is 25.7 Å².